The first kappa shape index (κ1) is 26.7. The van der Waals surface area contributed by atoms with E-state index in [-0.39, 0.29) is 49.3 Å². The molecule has 3 fully saturated rings. The summed E-state index contributed by atoms with van der Waals surface area (Å²) < 4.78 is 34.9. The van der Waals surface area contributed by atoms with Gasteiger partial charge in [-0.1, -0.05) is 17.7 Å². The Bertz CT molecular complexity index is 1310. The quantitative estimate of drug-likeness (QED) is 0.543. The van der Waals surface area contributed by atoms with Crippen LogP contribution >= 0.6 is 11.6 Å². The van der Waals surface area contributed by atoms with Gasteiger partial charge in [-0.15, -0.1) is 0 Å². The molecule has 1 unspecified atom stereocenters. The molecule has 2 aromatic rings. The number of hydrogen-bond acceptors (Lipinski definition) is 6. The molecule has 10 nitrogen and oxygen atoms in total. The number of anilines is 2. The minimum Gasteiger partial charge on any atom is -0.442 e. The summed E-state index contributed by atoms with van der Waals surface area (Å²) in [5.74, 6) is -3.96. The zero-order valence-corrected chi connectivity index (χ0v) is 21.7. The van der Waals surface area contributed by atoms with Gasteiger partial charge in [0.25, 0.3) is 0 Å². The van der Waals surface area contributed by atoms with Crippen molar-refractivity contribution in [3.8, 4) is 0 Å². The Morgan fingerprint density at radius 2 is 1.79 bits per heavy atom. The molecule has 3 aliphatic rings. The second-order valence-corrected chi connectivity index (χ2v) is 10.3. The highest BCUT2D eigenvalue weighted by Crippen LogP contribution is 2.33. The molecule has 0 spiro atoms. The minimum absolute atomic E-state index is 0.0157. The van der Waals surface area contributed by atoms with Gasteiger partial charge in [0.1, 0.15) is 17.7 Å². The van der Waals surface area contributed by atoms with Gasteiger partial charge in [0.05, 0.1) is 25.0 Å². The fourth-order valence-corrected chi connectivity index (χ4v) is 5.05. The van der Waals surface area contributed by atoms with E-state index in [1.807, 2.05) is 0 Å². The summed E-state index contributed by atoms with van der Waals surface area (Å²) in [5.41, 5.74) is 0.577. The van der Waals surface area contributed by atoms with Gasteiger partial charge in [-0.05, 0) is 36.8 Å². The van der Waals surface area contributed by atoms with E-state index in [9.17, 15) is 28.0 Å². The summed E-state index contributed by atoms with van der Waals surface area (Å²) in [7, 11) is 1.64. The third-order valence-corrected chi connectivity index (χ3v) is 7.33. The smallest absolute Gasteiger partial charge is 0.407 e. The monoisotopic (exact) mass is 561 g/mol. The van der Waals surface area contributed by atoms with Gasteiger partial charge < -0.3 is 19.9 Å². The standard InChI is InChI=1S/C26H26ClF2N5O5/c1-32(16-4-2-3-14(27)7-16)26(38)34-12-18(13-34)39-25(37)30-15-10-33(11-15)17-8-20(28)23(21(29)9-17)19-5-6-22(35)31-24(19)36/h2-4,7-9,15,18-19H,5-6,10-13H2,1H3,(H,30,37)(H,31,35,36). The highest BCUT2D eigenvalue weighted by Gasteiger charge is 2.37. The van der Waals surface area contributed by atoms with E-state index in [0.717, 1.165) is 12.1 Å². The number of nitrogens with one attached hydrogen (secondary N) is 2. The van der Waals surface area contributed by atoms with Crippen LogP contribution in [0.4, 0.5) is 29.7 Å². The van der Waals surface area contributed by atoms with E-state index in [2.05, 4.69) is 10.6 Å². The second-order valence-electron chi connectivity index (χ2n) is 9.83. The Hall–Kier alpha value is -3.93. The van der Waals surface area contributed by atoms with Crippen molar-refractivity contribution in [2.45, 2.75) is 30.9 Å². The average molecular weight is 562 g/mol. The number of urea groups is 1. The highest BCUT2D eigenvalue weighted by molar-refractivity contribution is 6.30. The van der Waals surface area contributed by atoms with Crippen molar-refractivity contribution < 1.29 is 32.7 Å². The maximum absolute atomic E-state index is 14.8. The number of hydrogen-bond donors (Lipinski definition) is 2. The molecule has 0 aromatic heterocycles. The van der Waals surface area contributed by atoms with Crippen molar-refractivity contribution in [1.82, 2.24) is 15.5 Å². The SMILES string of the molecule is CN(C(=O)N1CC(OC(=O)NC2CN(c3cc(F)c(C4CCC(=O)NC4=O)c(F)c3)C2)C1)c1cccc(Cl)c1. The molecule has 3 aliphatic heterocycles. The van der Waals surface area contributed by atoms with Gasteiger partial charge in [0.15, 0.2) is 0 Å². The zero-order chi connectivity index (χ0) is 27.8. The van der Waals surface area contributed by atoms with E-state index < -0.39 is 41.6 Å². The van der Waals surface area contributed by atoms with Crippen LogP contribution in [-0.2, 0) is 14.3 Å². The third-order valence-electron chi connectivity index (χ3n) is 7.09. The Kier molecular flexibility index (Phi) is 7.30. The maximum atomic E-state index is 14.8. The van der Waals surface area contributed by atoms with E-state index in [1.165, 1.54) is 4.90 Å². The summed E-state index contributed by atoms with van der Waals surface area (Å²) in [6, 6.07) is 8.68. The Morgan fingerprint density at radius 1 is 1.10 bits per heavy atom. The average Bonchev–Trinajstić information content (AvgIpc) is 2.83. The van der Waals surface area contributed by atoms with Crippen LogP contribution in [0, 0.1) is 11.6 Å². The van der Waals surface area contributed by atoms with Crippen LogP contribution < -0.4 is 20.4 Å². The lowest BCUT2D eigenvalue weighted by molar-refractivity contribution is -0.134. The number of alkyl carbamates (subject to hydrolysis) is 1. The van der Waals surface area contributed by atoms with Gasteiger partial charge >= 0.3 is 12.1 Å². The number of carbonyl (C=O) groups is 4. The van der Waals surface area contributed by atoms with E-state index in [1.54, 1.807) is 41.1 Å². The lowest BCUT2D eigenvalue weighted by atomic mass is 9.89. The Labute approximate surface area is 227 Å². The first-order valence-corrected chi connectivity index (χ1v) is 12.8. The molecule has 5 amide bonds. The van der Waals surface area contributed by atoms with E-state index >= 15 is 0 Å². The van der Waals surface area contributed by atoms with Gasteiger partial charge in [0.2, 0.25) is 11.8 Å². The zero-order valence-electron chi connectivity index (χ0n) is 21.0. The van der Waals surface area contributed by atoms with Crippen LogP contribution in [0.15, 0.2) is 36.4 Å². The first-order valence-electron chi connectivity index (χ1n) is 12.4. The molecule has 3 saturated heterocycles. The molecule has 0 saturated carbocycles. The van der Waals surface area contributed by atoms with Crippen LogP contribution in [-0.4, -0.2) is 74.2 Å². The van der Waals surface area contributed by atoms with Crippen LogP contribution in [0.25, 0.3) is 0 Å². The summed E-state index contributed by atoms with van der Waals surface area (Å²) in [4.78, 5) is 53.0. The normalized spacial score (nSPS) is 19.6. The molecule has 39 heavy (non-hydrogen) atoms. The molecule has 206 valence electrons. The van der Waals surface area contributed by atoms with Gasteiger partial charge in [-0.25, -0.2) is 18.4 Å². The minimum atomic E-state index is -1.06. The van der Waals surface area contributed by atoms with Crippen LogP contribution in [0.1, 0.15) is 24.3 Å². The fraction of sp³-hybridized carbons (Fsp3) is 0.385. The summed E-state index contributed by atoms with van der Waals surface area (Å²) in [6.45, 7) is 1.13. The number of likely N-dealkylation sites (tertiary alicyclic amines) is 1. The Balaban J connectivity index is 1.07. The van der Waals surface area contributed by atoms with Crippen molar-refractivity contribution in [3.05, 3.63) is 58.6 Å². The van der Waals surface area contributed by atoms with Crippen molar-refractivity contribution >= 4 is 46.9 Å². The molecule has 13 heteroatoms. The molecule has 0 radical (unpaired) electrons. The van der Waals surface area contributed by atoms with Crippen molar-refractivity contribution in [3.63, 3.8) is 0 Å². The number of imide groups is 1. The lowest BCUT2D eigenvalue weighted by Crippen LogP contribution is -2.62. The Morgan fingerprint density at radius 3 is 2.44 bits per heavy atom. The molecule has 2 aromatic carbocycles. The number of amides is 5. The number of ether oxygens (including phenoxy) is 1. The summed E-state index contributed by atoms with van der Waals surface area (Å²) >= 11 is 5.99. The van der Waals surface area contributed by atoms with Crippen molar-refractivity contribution in [1.29, 1.82) is 0 Å². The fourth-order valence-electron chi connectivity index (χ4n) is 4.86. The third kappa shape index (κ3) is 5.60. The largest absolute Gasteiger partial charge is 0.442 e. The van der Waals surface area contributed by atoms with Crippen molar-refractivity contribution in [2.24, 2.45) is 0 Å². The predicted octanol–water partition coefficient (Wildman–Crippen LogP) is 2.99. The predicted molar refractivity (Wildman–Crippen MR) is 138 cm³/mol. The molecule has 0 bridgehead atoms. The van der Waals surface area contributed by atoms with Gasteiger partial charge in [0, 0.05) is 48.5 Å². The van der Waals surface area contributed by atoms with Crippen LogP contribution in [0.5, 0.6) is 0 Å². The number of halogens is 3. The second kappa shape index (κ2) is 10.7. The molecule has 1 atom stereocenters. The van der Waals surface area contributed by atoms with Crippen LogP contribution in [0.3, 0.4) is 0 Å². The number of nitrogens with zero attached hydrogens (tertiary/aromatic N) is 3. The maximum Gasteiger partial charge on any atom is 0.407 e. The molecular weight excluding hydrogens is 536 g/mol. The molecule has 5 rings (SSSR count). The summed E-state index contributed by atoms with van der Waals surface area (Å²) in [5, 5.41) is 5.34. The van der Waals surface area contributed by atoms with Gasteiger partial charge in [-0.3, -0.25) is 19.8 Å². The van der Waals surface area contributed by atoms with Crippen LogP contribution in [0.2, 0.25) is 5.02 Å². The van der Waals surface area contributed by atoms with Gasteiger partial charge in [-0.2, -0.15) is 0 Å². The summed E-state index contributed by atoms with van der Waals surface area (Å²) in [6.07, 6.45) is -1.02. The number of rotatable bonds is 5. The number of benzene rings is 2. The molecule has 3 heterocycles. The molecular formula is C26H26ClF2N5O5. The number of piperidine rings is 1. The molecule has 2 N–H and O–H groups in total. The molecule has 0 aliphatic carbocycles. The van der Waals surface area contributed by atoms with Crippen molar-refractivity contribution in [2.75, 3.05) is 43.0 Å². The lowest BCUT2D eigenvalue weighted by Gasteiger charge is -2.43. The van der Waals surface area contributed by atoms with E-state index in [0.29, 0.717) is 23.8 Å². The number of carbonyl (C=O) groups excluding carboxylic acids is 4. The first-order chi connectivity index (χ1) is 18.6. The topological polar surface area (TPSA) is 111 Å². The van der Waals surface area contributed by atoms with E-state index in [4.69, 9.17) is 16.3 Å². The highest BCUT2D eigenvalue weighted by atomic mass is 35.5.